The predicted octanol–water partition coefficient (Wildman–Crippen LogP) is 2.94. The summed E-state index contributed by atoms with van der Waals surface area (Å²) in [6.07, 6.45) is 3.52. The Bertz CT molecular complexity index is 523. The molecule has 0 aliphatic rings. The van der Waals surface area contributed by atoms with Crippen LogP contribution in [0, 0.1) is 0 Å². The molecule has 20 heavy (non-hydrogen) atoms. The standard InChI is InChI=1S/C15H19N3OS/c1-2-7-16-14-4-3-13(10-18-14)15(19)17-8-5-12-6-9-20-11-12/h3-4,6,9-11H,2,5,7-8H2,1H3,(H,16,18)(H,17,19). The molecule has 0 saturated carbocycles. The third-order valence-corrected chi connectivity index (χ3v) is 3.59. The average Bonchev–Trinajstić information content (AvgIpc) is 2.99. The lowest BCUT2D eigenvalue weighted by Crippen LogP contribution is -2.25. The zero-order valence-electron chi connectivity index (χ0n) is 11.6. The highest BCUT2D eigenvalue weighted by molar-refractivity contribution is 7.07. The van der Waals surface area contributed by atoms with E-state index in [1.165, 1.54) is 5.56 Å². The number of anilines is 1. The number of carbonyl (C=O) groups excluding carboxylic acids is 1. The summed E-state index contributed by atoms with van der Waals surface area (Å²) in [6.45, 7) is 3.63. The quantitative estimate of drug-likeness (QED) is 0.824. The largest absolute Gasteiger partial charge is 0.370 e. The lowest BCUT2D eigenvalue weighted by atomic mass is 10.2. The number of nitrogens with zero attached hydrogens (tertiary/aromatic N) is 1. The molecule has 0 aliphatic heterocycles. The SMILES string of the molecule is CCCNc1ccc(C(=O)NCCc2ccsc2)cn1. The summed E-state index contributed by atoms with van der Waals surface area (Å²) < 4.78 is 0. The number of thiophene rings is 1. The number of nitrogens with one attached hydrogen (secondary N) is 2. The predicted molar refractivity (Wildman–Crippen MR) is 83.4 cm³/mol. The van der Waals surface area contributed by atoms with E-state index < -0.39 is 0 Å². The van der Waals surface area contributed by atoms with Crippen LogP contribution in [0.4, 0.5) is 5.82 Å². The van der Waals surface area contributed by atoms with Crippen molar-refractivity contribution in [2.45, 2.75) is 19.8 Å². The second-order valence-corrected chi connectivity index (χ2v) is 5.28. The Morgan fingerprint density at radius 1 is 1.30 bits per heavy atom. The molecule has 2 aromatic heterocycles. The fourth-order valence-electron chi connectivity index (χ4n) is 1.74. The van der Waals surface area contributed by atoms with Crippen LogP contribution in [0.5, 0.6) is 0 Å². The molecule has 0 fully saturated rings. The first-order valence-electron chi connectivity index (χ1n) is 6.79. The number of carbonyl (C=O) groups is 1. The van der Waals surface area contributed by atoms with Crippen molar-refractivity contribution in [2.75, 3.05) is 18.4 Å². The maximum absolute atomic E-state index is 11.9. The van der Waals surface area contributed by atoms with Gasteiger partial charge >= 0.3 is 0 Å². The molecule has 2 rings (SSSR count). The number of pyridine rings is 1. The number of hydrogen-bond acceptors (Lipinski definition) is 4. The van der Waals surface area contributed by atoms with E-state index in [0.29, 0.717) is 12.1 Å². The first-order valence-corrected chi connectivity index (χ1v) is 7.73. The van der Waals surface area contributed by atoms with Crippen molar-refractivity contribution in [3.05, 3.63) is 46.3 Å². The summed E-state index contributed by atoms with van der Waals surface area (Å²) in [5.74, 6) is 0.733. The van der Waals surface area contributed by atoms with Crippen LogP contribution in [0.15, 0.2) is 35.2 Å². The van der Waals surface area contributed by atoms with E-state index >= 15 is 0 Å². The minimum absolute atomic E-state index is 0.0743. The van der Waals surface area contributed by atoms with Crippen molar-refractivity contribution in [1.82, 2.24) is 10.3 Å². The number of aromatic nitrogens is 1. The molecule has 106 valence electrons. The van der Waals surface area contributed by atoms with E-state index in [-0.39, 0.29) is 5.91 Å². The minimum atomic E-state index is -0.0743. The average molecular weight is 289 g/mol. The van der Waals surface area contributed by atoms with Gasteiger partial charge in [-0.15, -0.1) is 0 Å². The van der Waals surface area contributed by atoms with Crippen LogP contribution < -0.4 is 10.6 Å². The van der Waals surface area contributed by atoms with Crippen molar-refractivity contribution in [3.8, 4) is 0 Å². The highest BCUT2D eigenvalue weighted by Crippen LogP contribution is 2.07. The molecule has 2 N–H and O–H groups in total. The van der Waals surface area contributed by atoms with Crippen molar-refractivity contribution in [1.29, 1.82) is 0 Å². The third kappa shape index (κ3) is 4.35. The zero-order valence-corrected chi connectivity index (χ0v) is 12.4. The Balaban J connectivity index is 1.79. The van der Waals surface area contributed by atoms with E-state index in [4.69, 9.17) is 0 Å². The summed E-state index contributed by atoms with van der Waals surface area (Å²) in [5, 5.41) is 10.2. The Hall–Kier alpha value is -1.88. The van der Waals surface area contributed by atoms with Gasteiger partial charge in [0.25, 0.3) is 5.91 Å². The van der Waals surface area contributed by atoms with Gasteiger partial charge in [0.1, 0.15) is 5.82 Å². The molecule has 0 spiro atoms. The molecule has 2 aromatic rings. The Labute approximate surface area is 123 Å². The van der Waals surface area contributed by atoms with Gasteiger partial charge in [-0.25, -0.2) is 4.98 Å². The summed E-state index contributed by atoms with van der Waals surface area (Å²) in [5.41, 5.74) is 1.85. The highest BCUT2D eigenvalue weighted by Gasteiger charge is 2.05. The Kier molecular flexibility index (Phi) is 5.55. The topological polar surface area (TPSA) is 54.0 Å². The van der Waals surface area contributed by atoms with E-state index in [1.54, 1.807) is 23.6 Å². The third-order valence-electron chi connectivity index (χ3n) is 2.86. The molecular formula is C15H19N3OS. The smallest absolute Gasteiger partial charge is 0.252 e. The molecule has 2 heterocycles. The van der Waals surface area contributed by atoms with Crippen molar-refractivity contribution in [2.24, 2.45) is 0 Å². The van der Waals surface area contributed by atoms with Crippen molar-refractivity contribution in [3.63, 3.8) is 0 Å². The summed E-state index contributed by atoms with van der Waals surface area (Å²) in [6, 6.07) is 5.71. The van der Waals surface area contributed by atoms with Gasteiger partial charge in [-0.3, -0.25) is 4.79 Å². The van der Waals surface area contributed by atoms with Crippen LogP contribution in [0.3, 0.4) is 0 Å². The number of rotatable bonds is 7. The normalized spacial score (nSPS) is 10.2. The minimum Gasteiger partial charge on any atom is -0.370 e. The summed E-state index contributed by atoms with van der Waals surface area (Å²) in [7, 11) is 0. The molecule has 0 radical (unpaired) electrons. The van der Waals surface area contributed by atoms with Gasteiger partial charge in [0, 0.05) is 19.3 Å². The van der Waals surface area contributed by atoms with E-state index in [0.717, 1.165) is 25.2 Å². The number of amides is 1. The second-order valence-electron chi connectivity index (χ2n) is 4.50. The van der Waals surface area contributed by atoms with Crippen LogP contribution in [0.2, 0.25) is 0 Å². The first kappa shape index (κ1) is 14.5. The van der Waals surface area contributed by atoms with Crippen LogP contribution >= 0.6 is 11.3 Å². The van der Waals surface area contributed by atoms with Crippen molar-refractivity contribution >= 4 is 23.1 Å². The number of hydrogen-bond donors (Lipinski definition) is 2. The fourth-order valence-corrected chi connectivity index (χ4v) is 2.45. The molecule has 0 aromatic carbocycles. The summed E-state index contributed by atoms with van der Waals surface area (Å²) >= 11 is 1.67. The molecule has 5 heteroatoms. The zero-order chi connectivity index (χ0) is 14.2. The van der Waals surface area contributed by atoms with Crippen LogP contribution in [-0.4, -0.2) is 24.0 Å². The molecule has 0 saturated heterocycles. The van der Waals surface area contributed by atoms with E-state index in [2.05, 4.69) is 34.0 Å². The van der Waals surface area contributed by atoms with E-state index in [1.807, 2.05) is 11.4 Å². The first-order chi connectivity index (χ1) is 9.79. The monoisotopic (exact) mass is 289 g/mol. The molecule has 0 atom stereocenters. The lowest BCUT2D eigenvalue weighted by molar-refractivity contribution is 0.0954. The van der Waals surface area contributed by atoms with Gasteiger partial charge in [-0.2, -0.15) is 11.3 Å². The molecule has 4 nitrogen and oxygen atoms in total. The van der Waals surface area contributed by atoms with Gasteiger partial charge in [-0.05, 0) is 47.4 Å². The van der Waals surface area contributed by atoms with Crippen LogP contribution in [0.1, 0.15) is 29.3 Å². The maximum atomic E-state index is 11.9. The molecule has 0 unspecified atom stereocenters. The highest BCUT2D eigenvalue weighted by atomic mass is 32.1. The van der Waals surface area contributed by atoms with Gasteiger partial charge in [0.15, 0.2) is 0 Å². The van der Waals surface area contributed by atoms with E-state index in [9.17, 15) is 4.79 Å². The maximum Gasteiger partial charge on any atom is 0.252 e. The Morgan fingerprint density at radius 3 is 2.85 bits per heavy atom. The molecule has 1 amide bonds. The van der Waals surface area contributed by atoms with Gasteiger partial charge in [0.2, 0.25) is 0 Å². The molecule has 0 bridgehead atoms. The molecule has 0 aliphatic carbocycles. The van der Waals surface area contributed by atoms with Crippen LogP contribution in [-0.2, 0) is 6.42 Å². The van der Waals surface area contributed by atoms with Gasteiger partial charge < -0.3 is 10.6 Å². The summed E-state index contributed by atoms with van der Waals surface area (Å²) in [4.78, 5) is 16.2. The second kappa shape index (κ2) is 7.65. The van der Waals surface area contributed by atoms with Gasteiger partial charge in [0.05, 0.1) is 5.56 Å². The fraction of sp³-hybridized carbons (Fsp3) is 0.333. The Morgan fingerprint density at radius 2 is 2.20 bits per heavy atom. The molecular weight excluding hydrogens is 270 g/mol. The van der Waals surface area contributed by atoms with Crippen LogP contribution in [0.25, 0.3) is 0 Å². The van der Waals surface area contributed by atoms with Crippen molar-refractivity contribution < 1.29 is 4.79 Å². The van der Waals surface area contributed by atoms with Gasteiger partial charge in [-0.1, -0.05) is 6.92 Å². The lowest BCUT2D eigenvalue weighted by Gasteiger charge is -2.06.